The summed E-state index contributed by atoms with van der Waals surface area (Å²) >= 11 is 0. The normalized spacial score (nSPS) is 13.6. The first kappa shape index (κ1) is 19.6. The third-order valence-corrected chi connectivity index (χ3v) is 4.99. The largest absolute Gasteiger partial charge is 0.454 e. The molecular formula is C22H24N2O4. The fraction of sp³-hybridized carbons (Fsp3) is 0.318. The van der Waals surface area contributed by atoms with Gasteiger partial charge in [-0.2, -0.15) is 0 Å². The molecule has 1 fully saturated rings. The Morgan fingerprint density at radius 1 is 1.25 bits per heavy atom. The molecule has 2 aromatic rings. The quantitative estimate of drug-likeness (QED) is 0.419. The molecule has 0 atom stereocenters. The van der Waals surface area contributed by atoms with Crippen LogP contribution in [0.1, 0.15) is 44.9 Å². The van der Waals surface area contributed by atoms with Crippen LogP contribution in [0.25, 0.3) is 0 Å². The standard InChI is InChI=1S/C22H24N2O4/c1-4-10-23-15(2)12-19(16(23)3)20(25)14-28-22(27)17-7-5-8-18(13-17)24-11-6-9-21(24)26/h4-5,7-8,12-13H,1,6,9-11,14H2,2-3H3. The molecule has 0 saturated carbocycles. The predicted molar refractivity (Wildman–Crippen MR) is 107 cm³/mol. The zero-order chi connectivity index (χ0) is 20.3. The summed E-state index contributed by atoms with van der Waals surface area (Å²) in [7, 11) is 0. The van der Waals surface area contributed by atoms with Crippen LogP contribution in [0.5, 0.6) is 0 Å². The summed E-state index contributed by atoms with van der Waals surface area (Å²) in [5.41, 5.74) is 3.32. The van der Waals surface area contributed by atoms with Crippen molar-refractivity contribution in [2.24, 2.45) is 0 Å². The molecule has 6 heteroatoms. The summed E-state index contributed by atoms with van der Waals surface area (Å²) < 4.78 is 7.22. The maximum absolute atomic E-state index is 12.5. The molecule has 146 valence electrons. The summed E-state index contributed by atoms with van der Waals surface area (Å²) in [6, 6.07) is 8.55. The highest BCUT2D eigenvalue weighted by Crippen LogP contribution is 2.23. The SMILES string of the molecule is C=CCn1c(C)cc(C(=O)COC(=O)c2cccc(N3CCCC3=O)c2)c1C. The van der Waals surface area contributed by atoms with E-state index in [-0.39, 0.29) is 18.3 Å². The van der Waals surface area contributed by atoms with Crippen LogP contribution < -0.4 is 4.90 Å². The van der Waals surface area contributed by atoms with Crippen LogP contribution in [0.3, 0.4) is 0 Å². The van der Waals surface area contributed by atoms with Gasteiger partial charge in [-0.3, -0.25) is 9.59 Å². The Morgan fingerprint density at radius 2 is 2.04 bits per heavy atom. The molecule has 1 aromatic carbocycles. The van der Waals surface area contributed by atoms with Crippen LogP contribution in [-0.2, 0) is 16.1 Å². The number of amides is 1. The summed E-state index contributed by atoms with van der Waals surface area (Å²) in [5, 5.41) is 0. The highest BCUT2D eigenvalue weighted by Gasteiger charge is 2.23. The van der Waals surface area contributed by atoms with E-state index < -0.39 is 5.97 Å². The van der Waals surface area contributed by atoms with Crippen molar-refractivity contribution >= 4 is 23.3 Å². The average molecular weight is 380 g/mol. The third-order valence-electron chi connectivity index (χ3n) is 4.99. The minimum Gasteiger partial charge on any atom is -0.454 e. The van der Waals surface area contributed by atoms with E-state index in [1.807, 2.05) is 18.4 Å². The van der Waals surface area contributed by atoms with Crippen LogP contribution in [0, 0.1) is 13.8 Å². The van der Waals surface area contributed by atoms with Crippen LogP contribution in [-0.4, -0.2) is 35.4 Å². The summed E-state index contributed by atoms with van der Waals surface area (Å²) in [6.45, 7) is 8.45. The average Bonchev–Trinajstić information content (AvgIpc) is 3.24. The number of hydrogen-bond donors (Lipinski definition) is 0. The lowest BCUT2D eigenvalue weighted by Crippen LogP contribution is -2.24. The number of ketones is 1. The van der Waals surface area contributed by atoms with E-state index in [0.717, 1.165) is 17.8 Å². The lowest BCUT2D eigenvalue weighted by molar-refractivity contribution is -0.117. The summed E-state index contributed by atoms with van der Waals surface area (Å²) in [6.07, 6.45) is 3.10. The van der Waals surface area contributed by atoms with Gasteiger partial charge in [-0.05, 0) is 44.5 Å². The molecular weight excluding hydrogens is 356 g/mol. The van der Waals surface area contributed by atoms with Gasteiger partial charge in [0.05, 0.1) is 5.56 Å². The predicted octanol–water partition coefficient (Wildman–Crippen LogP) is 3.46. The molecule has 1 aliphatic heterocycles. The van der Waals surface area contributed by atoms with Crippen molar-refractivity contribution < 1.29 is 19.1 Å². The van der Waals surface area contributed by atoms with E-state index in [1.165, 1.54) is 0 Å². The number of carbonyl (C=O) groups excluding carboxylic acids is 3. The molecule has 3 rings (SSSR count). The van der Waals surface area contributed by atoms with Gasteiger partial charge in [0.25, 0.3) is 0 Å². The van der Waals surface area contributed by atoms with Gasteiger partial charge < -0.3 is 14.2 Å². The zero-order valence-corrected chi connectivity index (χ0v) is 16.2. The number of esters is 1. The van der Waals surface area contributed by atoms with E-state index in [0.29, 0.717) is 36.3 Å². The number of ether oxygens (including phenoxy) is 1. The van der Waals surface area contributed by atoms with Crippen LogP contribution in [0.15, 0.2) is 43.0 Å². The first-order valence-electron chi connectivity index (χ1n) is 9.30. The number of Topliss-reactive ketones (excluding diaryl/α,β-unsaturated/α-hetero) is 1. The van der Waals surface area contributed by atoms with Crippen molar-refractivity contribution in [2.75, 3.05) is 18.1 Å². The monoisotopic (exact) mass is 380 g/mol. The Morgan fingerprint density at radius 3 is 2.71 bits per heavy atom. The van der Waals surface area contributed by atoms with E-state index in [9.17, 15) is 14.4 Å². The third kappa shape index (κ3) is 3.91. The molecule has 28 heavy (non-hydrogen) atoms. The number of rotatable bonds is 7. The molecule has 0 aliphatic carbocycles. The summed E-state index contributed by atoms with van der Waals surface area (Å²) in [4.78, 5) is 38.5. The van der Waals surface area contributed by atoms with Gasteiger partial charge in [-0.1, -0.05) is 12.1 Å². The second kappa shape index (κ2) is 8.25. The number of aryl methyl sites for hydroxylation is 1. The fourth-order valence-electron chi connectivity index (χ4n) is 3.51. The van der Waals surface area contributed by atoms with Crippen molar-refractivity contribution in [1.82, 2.24) is 4.57 Å². The van der Waals surface area contributed by atoms with Crippen molar-refractivity contribution in [1.29, 1.82) is 0 Å². The molecule has 0 N–H and O–H groups in total. The van der Waals surface area contributed by atoms with E-state index in [4.69, 9.17) is 4.74 Å². The van der Waals surface area contributed by atoms with Crippen LogP contribution in [0.4, 0.5) is 5.69 Å². The Bertz CT molecular complexity index is 942. The van der Waals surface area contributed by atoms with Crippen LogP contribution >= 0.6 is 0 Å². The lowest BCUT2D eigenvalue weighted by atomic mass is 10.1. The van der Waals surface area contributed by atoms with E-state index in [1.54, 1.807) is 41.3 Å². The molecule has 0 unspecified atom stereocenters. The Kier molecular flexibility index (Phi) is 5.78. The van der Waals surface area contributed by atoms with Gasteiger partial charge in [0.2, 0.25) is 11.7 Å². The molecule has 0 bridgehead atoms. The lowest BCUT2D eigenvalue weighted by Gasteiger charge is -2.16. The number of allylic oxidation sites excluding steroid dienone is 1. The number of carbonyl (C=O) groups is 3. The minimum atomic E-state index is -0.582. The molecule has 1 amide bonds. The molecule has 1 saturated heterocycles. The molecule has 1 aromatic heterocycles. The van der Waals surface area contributed by atoms with E-state index >= 15 is 0 Å². The van der Waals surface area contributed by atoms with Crippen molar-refractivity contribution in [3.05, 3.63) is 65.5 Å². The van der Waals surface area contributed by atoms with Gasteiger partial charge >= 0.3 is 5.97 Å². The van der Waals surface area contributed by atoms with Crippen molar-refractivity contribution in [3.8, 4) is 0 Å². The second-order valence-corrected chi connectivity index (χ2v) is 6.88. The number of hydrogen-bond acceptors (Lipinski definition) is 4. The highest BCUT2D eigenvalue weighted by atomic mass is 16.5. The summed E-state index contributed by atoms with van der Waals surface area (Å²) in [5.74, 6) is -0.778. The van der Waals surface area contributed by atoms with Crippen molar-refractivity contribution in [2.45, 2.75) is 33.2 Å². The molecule has 1 aliphatic rings. The number of benzene rings is 1. The smallest absolute Gasteiger partial charge is 0.338 e. The molecule has 2 heterocycles. The Balaban J connectivity index is 1.67. The molecule has 6 nitrogen and oxygen atoms in total. The Hall–Kier alpha value is -3.15. The number of nitrogens with zero attached hydrogens (tertiary/aromatic N) is 2. The fourth-order valence-corrected chi connectivity index (χ4v) is 3.51. The highest BCUT2D eigenvalue weighted by molar-refractivity contribution is 6.01. The number of anilines is 1. The first-order valence-corrected chi connectivity index (χ1v) is 9.30. The Labute approximate surface area is 164 Å². The maximum atomic E-state index is 12.5. The number of aromatic nitrogens is 1. The van der Waals surface area contributed by atoms with Gasteiger partial charge in [0.15, 0.2) is 6.61 Å². The van der Waals surface area contributed by atoms with Gasteiger partial charge in [0, 0.05) is 42.1 Å². The maximum Gasteiger partial charge on any atom is 0.338 e. The molecule has 0 spiro atoms. The zero-order valence-electron chi connectivity index (χ0n) is 16.2. The van der Waals surface area contributed by atoms with Crippen LogP contribution in [0.2, 0.25) is 0 Å². The second-order valence-electron chi connectivity index (χ2n) is 6.88. The first-order chi connectivity index (χ1) is 13.4. The molecule has 0 radical (unpaired) electrons. The van der Waals surface area contributed by atoms with Gasteiger partial charge in [-0.25, -0.2) is 4.79 Å². The van der Waals surface area contributed by atoms with Gasteiger partial charge in [0.1, 0.15) is 0 Å². The topological polar surface area (TPSA) is 68.6 Å². The van der Waals surface area contributed by atoms with E-state index in [2.05, 4.69) is 6.58 Å². The minimum absolute atomic E-state index is 0.0515. The van der Waals surface area contributed by atoms with Crippen molar-refractivity contribution in [3.63, 3.8) is 0 Å². The van der Waals surface area contributed by atoms with Gasteiger partial charge in [-0.15, -0.1) is 6.58 Å².